The quantitative estimate of drug-likeness (QED) is 0.799. The van der Waals surface area contributed by atoms with Crippen molar-refractivity contribution in [2.75, 3.05) is 0 Å². The van der Waals surface area contributed by atoms with Crippen molar-refractivity contribution < 1.29 is 9.53 Å². The molecule has 84 valence electrons. The van der Waals surface area contributed by atoms with Crippen LogP contribution < -0.4 is 4.74 Å². The number of Topliss-reactive ketones (excluding diaryl/α,β-unsaturated/α-hetero) is 1. The summed E-state index contributed by atoms with van der Waals surface area (Å²) in [6.45, 7) is 0. The Labute approximate surface area is 107 Å². The van der Waals surface area contributed by atoms with Crippen molar-refractivity contribution in [2.24, 2.45) is 0 Å². The van der Waals surface area contributed by atoms with E-state index in [1.807, 2.05) is 42.5 Å². The Kier molecular flexibility index (Phi) is 2.48. The van der Waals surface area contributed by atoms with Crippen LogP contribution in [-0.2, 0) is 0 Å². The van der Waals surface area contributed by atoms with Gasteiger partial charge in [0.05, 0.1) is 5.56 Å². The second-order valence-electron chi connectivity index (χ2n) is 3.91. The number of carbonyl (C=O) groups is 1. The predicted octanol–water partition coefficient (Wildman–Crippen LogP) is 3.77. The molecule has 1 aliphatic heterocycles. The molecule has 3 rings (SSSR count). The molecule has 3 heteroatoms. The van der Waals surface area contributed by atoms with Crippen molar-refractivity contribution in [2.45, 2.75) is 6.10 Å². The second kappa shape index (κ2) is 4.00. The van der Waals surface area contributed by atoms with Crippen LogP contribution in [0.15, 0.2) is 53.0 Å². The van der Waals surface area contributed by atoms with Crippen molar-refractivity contribution in [1.82, 2.24) is 0 Å². The lowest BCUT2D eigenvalue weighted by Crippen LogP contribution is -2.10. The first-order valence-corrected chi connectivity index (χ1v) is 6.10. The minimum absolute atomic E-state index is 0.0208. The first-order valence-electron chi connectivity index (χ1n) is 5.31. The summed E-state index contributed by atoms with van der Waals surface area (Å²) in [6.07, 6.45) is -0.500. The predicted molar refractivity (Wildman–Crippen MR) is 68.3 cm³/mol. The molecule has 17 heavy (non-hydrogen) atoms. The molecular weight excluding hydrogens is 280 g/mol. The minimum atomic E-state index is -0.500. The largest absolute Gasteiger partial charge is 0.477 e. The maximum absolute atomic E-state index is 12.2. The number of rotatable bonds is 1. The van der Waals surface area contributed by atoms with E-state index in [1.54, 1.807) is 6.07 Å². The molecule has 2 aromatic rings. The average molecular weight is 289 g/mol. The van der Waals surface area contributed by atoms with Crippen LogP contribution in [0.25, 0.3) is 0 Å². The Balaban J connectivity index is 2.02. The first kappa shape index (κ1) is 10.5. The third-order valence-electron chi connectivity index (χ3n) is 2.79. The monoisotopic (exact) mass is 288 g/mol. The molecule has 0 aliphatic carbocycles. The summed E-state index contributed by atoms with van der Waals surface area (Å²) in [7, 11) is 0. The zero-order valence-electron chi connectivity index (χ0n) is 8.89. The zero-order chi connectivity index (χ0) is 11.8. The molecule has 1 heterocycles. The summed E-state index contributed by atoms with van der Waals surface area (Å²) < 4.78 is 6.58. The Bertz CT molecular complexity index is 578. The van der Waals surface area contributed by atoms with Gasteiger partial charge in [-0.2, -0.15) is 0 Å². The summed E-state index contributed by atoms with van der Waals surface area (Å²) in [5.41, 5.74) is 1.54. The molecule has 0 N–H and O–H groups in total. The van der Waals surface area contributed by atoms with Crippen LogP contribution in [0, 0.1) is 0 Å². The van der Waals surface area contributed by atoms with Gasteiger partial charge < -0.3 is 4.74 Å². The number of ketones is 1. The molecule has 0 fully saturated rings. The number of fused-ring (bicyclic) bond motifs is 1. The lowest BCUT2D eigenvalue weighted by molar-refractivity contribution is 0.0858. The Morgan fingerprint density at radius 2 is 1.82 bits per heavy atom. The van der Waals surface area contributed by atoms with E-state index in [1.165, 1.54) is 0 Å². The van der Waals surface area contributed by atoms with Crippen LogP contribution in [0.2, 0.25) is 0 Å². The maximum Gasteiger partial charge on any atom is 0.211 e. The van der Waals surface area contributed by atoms with Crippen LogP contribution in [0.1, 0.15) is 22.0 Å². The van der Waals surface area contributed by atoms with E-state index in [9.17, 15) is 4.79 Å². The summed E-state index contributed by atoms with van der Waals surface area (Å²) >= 11 is 3.36. The Hall–Kier alpha value is -1.61. The molecule has 0 amide bonds. The molecule has 0 radical (unpaired) electrons. The third kappa shape index (κ3) is 1.76. The van der Waals surface area contributed by atoms with Crippen LogP contribution in [0.5, 0.6) is 5.75 Å². The van der Waals surface area contributed by atoms with Gasteiger partial charge in [0, 0.05) is 10.0 Å². The van der Waals surface area contributed by atoms with Crippen LogP contribution in [0.4, 0.5) is 0 Å². The normalized spacial score (nSPS) is 17.7. The topological polar surface area (TPSA) is 26.3 Å². The first-order chi connectivity index (χ1) is 8.25. The van der Waals surface area contributed by atoms with Gasteiger partial charge in [-0.3, -0.25) is 4.79 Å². The van der Waals surface area contributed by atoms with Crippen LogP contribution in [0.3, 0.4) is 0 Å². The molecule has 1 unspecified atom stereocenters. The molecule has 0 saturated heterocycles. The van der Waals surface area contributed by atoms with E-state index >= 15 is 0 Å². The molecule has 2 nitrogen and oxygen atoms in total. The Morgan fingerprint density at radius 3 is 2.59 bits per heavy atom. The average Bonchev–Trinajstić information content (AvgIpc) is 2.68. The SMILES string of the molecule is O=C1c2cc(Br)ccc2OC1c1ccccc1. The van der Waals surface area contributed by atoms with Crippen molar-refractivity contribution in [3.8, 4) is 5.75 Å². The summed E-state index contributed by atoms with van der Waals surface area (Å²) in [4.78, 5) is 12.2. The van der Waals surface area contributed by atoms with Gasteiger partial charge in [-0.25, -0.2) is 0 Å². The number of hydrogen-bond acceptors (Lipinski definition) is 2. The van der Waals surface area contributed by atoms with Gasteiger partial charge in [0.15, 0.2) is 6.10 Å². The molecule has 0 aromatic heterocycles. The number of halogens is 1. The highest BCUT2D eigenvalue weighted by molar-refractivity contribution is 9.10. The third-order valence-corrected chi connectivity index (χ3v) is 3.29. The number of ether oxygens (including phenoxy) is 1. The van der Waals surface area contributed by atoms with Crippen LogP contribution in [-0.4, -0.2) is 5.78 Å². The van der Waals surface area contributed by atoms with E-state index in [0.717, 1.165) is 10.0 Å². The smallest absolute Gasteiger partial charge is 0.211 e. The van der Waals surface area contributed by atoms with Gasteiger partial charge >= 0.3 is 0 Å². The molecule has 0 saturated carbocycles. The van der Waals surface area contributed by atoms with Gasteiger partial charge in [-0.1, -0.05) is 46.3 Å². The molecule has 0 spiro atoms. The molecule has 1 aliphatic rings. The van der Waals surface area contributed by atoms with Crippen LogP contribution >= 0.6 is 15.9 Å². The zero-order valence-corrected chi connectivity index (χ0v) is 10.5. The van der Waals surface area contributed by atoms with E-state index in [-0.39, 0.29) is 5.78 Å². The van der Waals surface area contributed by atoms with Gasteiger partial charge in [-0.15, -0.1) is 0 Å². The van der Waals surface area contributed by atoms with E-state index in [2.05, 4.69) is 15.9 Å². The fourth-order valence-electron chi connectivity index (χ4n) is 1.97. The van der Waals surface area contributed by atoms with E-state index in [0.29, 0.717) is 11.3 Å². The molecular formula is C14H9BrO2. The number of benzene rings is 2. The summed E-state index contributed by atoms with van der Waals surface area (Å²) in [6, 6.07) is 15.1. The van der Waals surface area contributed by atoms with Crippen molar-refractivity contribution in [3.63, 3.8) is 0 Å². The fourth-order valence-corrected chi connectivity index (χ4v) is 2.33. The van der Waals surface area contributed by atoms with Gasteiger partial charge in [0.25, 0.3) is 0 Å². The van der Waals surface area contributed by atoms with Gasteiger partial charge in [0.2, 0.25) is 5.78 Å². The molecule has 1 atom stereocenters. The second-order valence-corrected chi connectivity index (χ2v) is 4.83. The number of carbonyl (C=O) groups excluding carboxylic acids is 1. The number of hydrogen-bond donors (Lipinski definition) is 0. The highest BCUT2D eigenvalue weighted by Crippen LogP contribution is 2.37. The fraction of sp³-hybridized carbons (Fsp3) is 0.0714. The highest BCUT2D eigenvalue weighted by atomic mass is 79.9. The lowest BCUT2D eigenvalue weighted by atomic mass is 10.0. The summed E-state index contributed by atoms with van der Waals surface area (Å²) in [5.74, 6) is 0.680. The standard InChI is InChI=1S/C14H9BrO2/c15-10-6-7-12-11(8-10)13(16)14(17-12)9-4-2-1-3-5-9/h1-8,14H. The van der Waals surface area contributed by atoms with E-state index in [4.69, 9.17) is 4.74 Å². The van der Waals surface area contributed by atoms with Crippen molar-refractivity contribution >= 4 is 21.7 Å². The van der Waals surface area contributed by atoms with E-state index < -0.39 is 6.10 Å². The highest BCUT2D eigenvalue weighted by Gasteiger charge is 2.33. The summed E-state index contributed by atoms with van der Waals surface area (Å²) in [5, 5.41) is 0. The maximum atomic E-state index is 12.2. The molecule has 0 bridgehead atoms. The van der Waals surface area contributed by atoms with Gasteiger partial charge in [-0.05, 0) is 18.2 Å². The Morgan fingerprint density at radius 1 is 1.06 bits per heavy atom. The van der Waals surface area contributed by atoms with Crippen molar-refractivity contribution in [1.29, 1.82) is 0 Å². The minimum Gasteiger partial charge on any atom is -0.477 e. The van der Waals surface area contributed by atoms with Crippen molar-refractivity contribution in [3.05, 3.63) is 64.1 Å². The van der Waals surface area contributed by atoms with Gasteiger partial charge in [0.1, 0.15) is 5.75 Å². The lowest BCUT2D eigenvalue weighted by Gasteiger charge is -2.08. The molecule has 2 aromatic carbocycles.